The van der Waals surface area contributed by atoms with Crippen LogP contribution in [0.25, 0.3) is 0 Å². The van der Waals surface area contributed by atoms with Gasteiger partial charge in [-0.25, -0.2) is 9.59 Å². The summed E-state index contributed by atoms with van der Waals surface area (Å²) in [6.07, 6.45) is 5.93. The van der Waals surface area contributed by atoms with Crippen molar-refractivity contribution in [3.63, 3.8) is 0 Å². The zero-order valence-electron chi connectivity index (χ0n) is 8.03. The Hall–Kier alpha value is -1.32. The second-order valence-corrected chi connectivity index (χ2v) is 3.08. The van der Waals surface area contributed by atoms with Crippen LogP contribution in [0.5, 0.6) is 0 Å². The molecule has 0 fully saturated rings. The lowest BCUT2D eigenvalue weighted by atomic mass is 10.2. The molecule has 0 bridgehead atoms. The first-order valence-corrected chi connectivity index (χ1v) is 4.80. The predicted molar refractivity (Wildman–Crippen MR) is 49.5 cm³/mol. The minimum atomic E-state index is -0.484. The van der Waals surface area contributed by atoms with E-state index in [1.165, 1.54) is 0 Å². The first kappa shape index (κ1) is 10.8. The highest BCUT2D eigenvalue weighted by Crippen LogP contribution is 2.02. The summed E-state index contributed by atoms with van der Waals surface area (Å²) < 4.78 is 9.66. The monoisotopic (exact) mass is 198 g/mol. The second-order valence-electron chi connectivity index (χ2n) is 3.08. The molecule has 1 rings (SSSR count). The van der Waals surface area contributed by atoms with Crippen molar-refractivity contribution in [2.24, 2.45) is 0 Å². The van der Waals surface area contributed by atoms with Crippen molar-refractivity contribution in [3.8, 4) is 0 Å². The summed E-state index contributed by atoms with van der Waals surface area (Å²) in [5.74, 6) is -0.968. The summed E-state index contributed by atoms with van der Waals surface area (Å²) in [6.45, 7) is 0.858. The minimum Gasteiger partial charge on any atom is -0.463 e. The minimum absolute atomic E-state index is 0.429. The van der Waals surface area contributed by atoms with Crippen LogP contribution in [0.1, 0.15) is 25.7 Å². The molecule has 4 heteroatoms. The van der Waals surface area contributed by atoms with Gasteiger partial charge in [-0.3, -0.25) is 0 Å². The smallest absolute Gasteiger partial charge is 0.331 e. The van der Waals surface area contributed by atoms with Gasteiger partial charge in [0, 0.05) is 12.2 Å². The first-order valence-electron chi connectivity index (χ1n) is 4.80. The van der Waals surface area contributed by atoms with Crippen molar-refractivity contribution >= 4 is 11.9 Å². The van der Waals surface area contributed by atoms with E-state index in [1.807, 2.05) is 0 Å². The van der Waals surface area contributed by atoms with Gasteiger partial charge in [-0.05, 0) is 25.7 Å². The van der Waals surface area contributed by atoms with E-state index < -0.39 is 11.9 Å². The Kier molecular flexibility index (Phi) is 4.75. The number of ether oxygens (including phenoxy) is 2. The number of carbonyl (C=O) groups excluding carboxylic acids is 2. The maximum atomic E-state index is 10.9. The van der Waals surface area contributed by atoms with Crippen LogP contribution in [0.15, 0.2) is 12.2 Å². The van der Waals surface area contributed by atoms with Gasteiger partial charge in [0.05, 0.1) is 13.2 Å². The average Bonchev–Trinajstić information content (AvgIpc) is 2.17. The van der Waals surface area contributed by atoms with E-state index in [2.05, 4.69) is 0 Å². The lowest BCUT2D eigenvalue weighted by Gasteiger charge is -2.05. The maximum Gasteiger partial charge on any atom is 0.331 e. The number of hydrogen-bond donors (Lipinski definition) is 0. The van der Waals surface area contributed by atoms with Crippen molar-refractivity contribution in [2.45, 2.75) is 25.7 Å². The lowest BCUT2D eigenvalue weighted by molar-refractivity contribution is -0.140. The van der Waals surface area contributed by atoms with Gasteiger partial charge in [0.15, 0.2) is 0 Å². The summed E-state index contributed by atoms with van der Waals surface area (Å²) in [7, 11) is 0. The molecule has 0 saturated heterocycles. The van der Waals surface area contributed by atoms with Gasteiger partial charge in [0.25, 0.3) is 0 Å². The van der Waals surface area contributed by atoms with Gasteiger partial charge >= 0.3 is 11.9 Å². The maximum absolute atomic E-state index is 10.9. The van der Waals surface area contributed by atoms with Gasteiger partial charge < -0.3 is 9.47 Å². The third-order valence-electron chi connectivity index (χ3n) is 1.88. The van der Waals surface area contributed by atoms with Crippen molar-refractivity contribution in [1.82, 2.24) is 0 Å². The number of hydrogen-bond acceptors (Lipinski definition) is 4. The standard InChI is InChI=1S/C10H14O4/c11-9-5-6-10(12)14-8-4-2-1-3-7-13-9/h5-6H,1-4,7-8H2/b6-5-. The largest absolute Gasteiger partial charge is 0.463 e. The van der Waals surface area contributed by atoms with E-state index in [4.69, 9.17) is 9.47 Å². The number of esters is 2. The van der Waals surface area contributed by atoms with E-state index in [0.717, 1.165) is 37.8 Å². The molecule has 14 heavy (non-hydrogen) atoms. The predicted octanol–water partition coefficient (Wildman–Crippen LogP) is 1.20. The fourth-order valence-electron chi connectivity index (χ4n) is 1.14. The molecule has 0 aromatic carbocycles. The molecule has 0 aromatic rings. The van der Waals surface area contributed by atoms with Crippen LogP contribution in [0.4, 0.5) is 0 Å². The quantitative estimate of drug-likeness (QED) is 0.549. The highest BCUT2D eigenvalue weighted by Gasteiger charge is 2.02. The average molecular weight is 198 g/mol. The zero-order chi connectivity index (χ0) is 10.2. The highest BCUT2D eigenvalue weighted by atomic mass is 16.5. The van der Waals surface area contributed by atoms with Gasteiger partial charge in [0.2, 0.25) is 0 Å². The van der Waals surface area contributed by atoms with Gasteiger partial charge in [-0.15, -0.1) is 0 Å². The number of cyclic esters (lactones) is 2. The van der Waals surface area contributed by atoms with Crippen molar-refractivity contribution in [2.75, 3.05) is 13.2 Å². The molecule has 0 radical (unpaired) electrons. The van der Waals surface area contributed by atoms with Gasteiger partial charge in [-0.2, -0.15) is 0 Å². The molecule has 78 valence electrons. The normalized spacial score (nSPS) is 22.6. The molecule has 0 N–H and O–H groups in total. The van der Waals surface area contributed by atoms with Gasteiger partial charge in [-0.1, -0.05) is 0 Å². The number of rotatable bonds is 0. The Morgan fingerprint density at radius 2 is 1.21 bits per heavy atom. The summed E-state index contributed by atoms with van der Waals surface area (Å²) >= 11 is 0. The molecule has 0 saturated carbocycles. The molecule has 0 unspecified atom stereocenters. The van der Waals surface area contributed by atoms with Crippen molar-refractivity contribution in [1.29, 1.82) is 0 Å². The van der Waals surface area contributed by atoms with E-state index in [-0.39, 0.29) is 0 Å². The zero-order valence-corrected chi connectivity index (χ0v) is 8.03. The van der Waals surface area contributed by atoms with Crippen molar-refractivity contribution < 1.29 is 19.1 Å². The third-order valence-corrected chi connectivity index (χ3v) is 1.88. The van der Waals surface area contributed by atoms with Crippen LogP contribution in [0, 0.1) is 0 Å². The Morgan fingerprint density at radius 3 is 1.64 bits per heavy atom. The molecular formula is C10H14O4. The molecule has 0 aliphatic carbocycles. The molecule has 1 heterocycles. The van der Waals surface area contributed by atoms with E-state index in [9.17, 15) is 9.59 Å². The first-order chi connectivity index (χ1) is 6.79. The molecule has 0 aromatic heterocycles. The van der Waals surface area contributed by atoms with E-state index >= 15 is 0 Å². The van der Waals surface area contributed by atoms with Gasteiger partial charge in [0.1, 0.15) is 0 Å². The topological polar surface area (TPSA) is 52.6 Å². The Bertz CT molecular complexity index is 208. The van der Waals surface area contributed by atoms with Crippen molar-refractivity contribution in [3.05, 3.63) is 12.2 Å². The summed E-state index contributed by atoms with van der Waals surface area (Å²) in [4.78, 5) is 21.9. The molecule has 0 spiro atoms. The Balaban J connectivity index is 2.42. The third kappa shape index (κ3) is 4.64. The van der Waals surface area contributed by atoms with E-state index in [0.29, 0.717) is 13.2 Å². The molecule has 4 nitrogen and oxygen atoms in total. The van der Waals surface area contributed by atoms with Crippen LogP contribution < -0.4 is 0 Å². The molecule has 0 atom stereocenters. The van der Waals surface area contributed by atoms with Crippen LogP contribution in [-0.4, -0.2) is 25.2 Å². The summed E-state index contributed by atoms with van der Waals surface area (Å²) in [6, 6.07) is 0. The van der Waals surface area contributed by atoms with E-state index in [1.54, 1.807) is 0 Å². The SMILES string of the molecule is O=C1/C=C\C(=O)OCCCCCCO1. The van der Waals surface area contributed by atoms with Crippen LogP contribution in [-0.2, 0) is 19.1 Å². The fraction of sp³-hybridized carbons (Fsp3) is 0.600. The number of carbonyl (C=O) groups is 2. The Morgan fingerprint density at radius 1 is 0.786 bits per heavy atom. The molecule has 1 aliphatic heterocycles. The summed E-state index contributed by atoms with van der Waals surface area (Å²) in [5.41, 5.74) is 0. The van der Waals surface area contributed by atoms with Crippen LogP contribution in [0.3, 0.4) is 0 Å². The molecule has 1 aliphatic rings. The lowest BCUT2D eigenvalue weighted by Crippen LogP contribution is -2.07. The summed E-state index contributed by atoms with van der Waals surface area (Å²) in [5, 5.41) is 0. The molecule has 0 amide bonds. The fourth-order valence-corrected chi connectivity index (χ4v) is 1.14. The van der Waals surface area contributed by atoms with Crippen LogP contribution >= 0.6 is 0 Å². The van der Waals surface area contributed by atoms with Crippen LogP contribution in [0.2, 0.25) is 0 Å². The Labute approximate surface area is 82.9 Å². The second kappa shape index (κ2) is 6.18. The molecular weight excluding hydrogens is 184 g/mol. The highest BCUT2D eigenvalue weighted by molar-refractivity contribution is 5.91.